The van der Waals surface area contributed by atoms with Crippen LogP contribution in [0.2, 0.25) is 0 Å². The number of aromatic nitrogens is 3. The number of rotatable bonds is 8. The van der Waals surface area contributed by atoms with Gasteiger partial charge in [0.1, 0.15) is 18.9 Å². The average molecular weight is 382 g/mol. The Hall–Kier alpha value is -2.70. The predicted octanol–water partition coefficient (Wildman–Crippen LogP) is 2.86. The second-order valence-corrected chi connectivity index (χ2v) is 6.93. The molecule has 0 aliphatic heterocycles. The minimum atomic E-state index is 0.520. The summed E-state index contributed by atoms with van der Waals surface area (Å²) in [6, 6.07) is 18.3. The molecule has 140 valence electrons. The van der Waals surface area contributed by atoms with Gasteiger partial charge in [0.25, 0.3) is 0 Å². The van der Waals surface area contributed by atoms with Gasteiger partial charge in [-0.3, -0.25) is 0 Å². The van der Waals surface area contributed by atoms with Gasteiger partial charge < -0.3 is 14.2 Å². The molecule has 1 aromatic heterocycles. The van der Waals surface area contributed by atoms with Crippen molar-refractivity contribution in [2.75, 3.05) is 13.7 Å². The van der Waals surface area contributed by atoms with Gasteiger partial charge in [0, 0.05) is 18.2 Å². The van der Waals surface area contributed by atoms with Crippen molar-refractivity contribution >= 4 is 12.2 Å². The summed E-state index contributed by atoms with van der Waals surface area (Å²) in [5.74, 6) is 1.74. The van der Waals surface area contributed by atoms with Crippen LogP contribution in [-0.2, 0) is 20.3 Å². The average Bonchev–Trinajstić information content (AvgIpc) is 2.96. The maximum absolute atomic E-state index is 5.58. The van der Waals surface area contributed by atoms with Crippen molar-refractivity contribution in [2.24, 2.45) is 7.05 Å². The van der Waals surface area contributed by atoms with Crippen molar-refractivity contribution in [3.8, 4) is 17.1 Å². The third-order valence-electron chi connectivity index (χ3n) is 4.29. The Morgan fingerprint density at radius 2 is 1.85 bits per heavy atom. The Bertz CT molecular complexity index is 945. The largest absolute Gasteiger partial charge is 0.490 e. The minimum Gasteiger partial charge on any atom is -0.490 e. The Morgan fingerprint density at radius 1 is 1.15 bits per heavy atom. The lowest BCUT2D eigenvalue weighted by Gasteiger charge is -2.14. The zero-order chi connectivity index (χ0) is 19.2. The highest BCUT2D eigenvalue weighted by Crippen LogP contribution is 2.16. The lowest BCUT2D eigenvalue weighted by Crippen LogP contribution is -3.07. The standard InChI is InChI=1S/C21H24N4OS/c1-4-14-26-19-12-10-17(11-13-19)15-23(2)16-25-21(27)24(3)20(22-25)18-8-6-5-7-9-18/h4-13H,1,14-16H2,2-3H3/p+1. The molecule has 3 rings (SSSR count). The van der Waals surface area contributed by atoms with E-state index in [9.17, 15) is 0 Å². The number of nitrogens with one attached hydrogen (secondary N) is 1. The molecule has 0 spiro atoms. The molecule has 1 N–H and O–H groups in total. The van der Waals surface area contributed by atoms with E-state index in [2.05, 4.69) is 25.8 Å². The van der Waals surface area contributed by atoms with Crippen LogP contribution < -0.4 is 9.64 Å². The monoisotopic (exact) mass is 381 g/mol. The van der Waals surface area contributed by atoms with Crippen molar-refractivity contribution in [3.05, 3.63) is 77.6 Å². The van der Waals surface area contributed by atoms with Gasteiger partial charge >= 0.3 is 0 Å². The molecule has 0 aliphatic carbocycles. The first-order valence-electron chi connectivity index (χ1n) is 8.91. The van der Waals surface area contributed by atoms with E-state index < -0.39 is 0 Å². The van der Waals surface area contributed by atoms with Crippen molar-refractivity contribution in [3.63, 3.8) is 0 Å². The van der Waals surface area contributed by atoms with Crippen LogP contribution in [0.25, 0.3) is 11.4 Å². The number of nitrogens with zero attached hydrogens (tertiary/aromatic N) is 3. The van der Waals surface area contributed by atoms with Crippen LogP contribution in [0.5, 0.6) is 5.75 Å². The van der Waals surface area contributed by atoms with E-state index in [1.807, 2.05) is 58.8 Å². The Morgan fingerprint density at radius 3 is 2.52 bits per heavy atom. The lowest BCUT2D eigenvalue weighted by molar-refractivity contribution is -0.917. The first-order chi connectivity index (χ1) is 13.1. The fourth-order valence-corrected chi connectivity index (χ4v) is 3.14. The fraction of sp³-hybridized carbons (Fsp3) is 0.238. The van der Waals surface area contributed by atoms with Crippen molar-refractivity contribution < 1.29 is 9.64 Å². The molecule has 0 saturated heterocycles. The molecule has 27 heavy (non-hydrogen) atoms. The van der Waals surface area contributed by atoms with Crippen LogP contribution in [0.4, 0.5) is 0 Å². The Kier molecular flexibility index (Phi) is 6.21. The van der Waals surface area contributed by atoms with Gasteiger partial charge in [-0.2, -0.15) is 4.68 Å². The molecule has 0 fully saturated rings. The number of hydrogen-bond acceptors (Lipinski definition) is 3. The van der Waals surface area contributed by atoms with Crippen LogP contribution in [0.3, 0.4) is 0 Å². The van der Waals surface area contributed by atoms with Crippen LogP contribution in [0, 0.1) is 4.77 Å². The van der Waals surface area contributed by atoms with E-state index in [1.54, 1.807) is 6.08 Å². The first-order valence-corrected chi connectivity index (χ1v) is 9.32. The molecular formula is C21H25N4OS+. The van der Waals surface area contributed by atoms with E-state index in [1.165, 1.54) is 10.5 Å². The Labute approximate surface area is 165 Å². The zero-order valence-corrected chi connectivity index (χ0v) is 16.6. The number of hydrogen-bond donors (Lipinski definition) is 1. The predicted molar refractivity (Wildman–Crippen MR) is 110 cm³/mol. The van der Waals surface area contributed by atoms with Gasteiger partial charge in [-0.15, -0.1) is 5.10 Å². The molecule has 0 radical (unpaired) electrons. The third-order valence-corrected chi connectivity index (χ3v) is 4.77. The van der Waals surface area contributed by atoms with Crippen LogP contribution in [0.1, 0.15) is 5.56 Å². The molecule has 1 atom stereocenters. The van der Waals surface area contributed by atoms with Gasteiger partial charge in [0.05, 0.1) is 7.05 Å². The summed E-state index contributed by atoms with van der Waals surface area (Å²) >= 11 is 5.58. The second-order valence-electron chi connectivity index (χ2n) is 6.57. The molecule has 0 bridgehead atoms. The summed E-state index contributed by atoms with van der Waals surface area (Å²) in [6.45, 7) is 5.76. The molecule has 0 aliphatic rings. The van der Waals surface area contributed by atoms with Crippen molar-refractivity contribution in [1.29, 1.82) is 0 Å². The topological polar surface area (TPSA) is 36.4 Å². The van der Waals surface area contributed by atoms with Crippen LogP contribution >= 0.6 is 12.2 Å². The summed E-state index contributed by atoms with van der Waals surface area (Å²) in [5, 5.41) is 4.73. The molecule has 0 saturated carbocycles. The summed E-state index contributed by atoms with van der Waals surface area (Å²) in [6.07, 6.45) is 1.74. The first kappa shape index (κ1) is 19.1. The molecular weight excluding hydrogens is 356 g/mol. The molecule has 5 nitrogen and oxygen atoms in total. The van der Waals surface area contributed by atoms with E-state index >= 15 is 0 Å². The van der Waals surface area contributed by atoms with Gasteiger partial charge in [0.15, 0.2) is 12.5 Å². The smallest absolute Gasteiger partial charge is 0.202 e. The van der Waals surface area contributed by atoms with Crippen LogP contribution in [-0.4, -0.2) is 28.0 Å². The Balaban J connectivity index is 1.68. The van der Waals surface area contributed by atoms with Gasteiger partial charge in [-0.1, -0.05) is 43.0 Å². The summed E-state index contributed by atoms with van der Waals surface area (Å²) < 4.78 is 10.1. The summed E-state index contributed by atoms with van der Waals surface area (Å²) in [5.41, 5.74) is 2.31. The maximum Gasteiger partial charge on any atom is 0.202 e. The van der Waals surface area contributed by atoms with Crippen LogP contribution in [0.15, 0.2) is 67.3 Å². The highest BCUT2D eigenvalue weighted by molar-refractivity contribution is 7.71. The highest BCUT2D eigenvalue weighted by Gasteiger charge is 2.13. The quantitative estimate of drug-likeness (QED) is 0.482. The minimum absolute atomic E-state index is 0.520. The van der Waals surface area contributed by atoms with Gasteiger partial charge in [-0.05, 0) is 36.5 Å². The number of ether oxygens (including phenoxy) is 1. The summed E-state index contributed by atoms with van der Waals surface area (Å²) in [7, 11) is 4.10. The SMILES string of the molecule is C=CCOc1ccc(C[NH+](C)Cn2nc(-c3ccccc3)n(C)c2=S)cc1. The molecule has 2 aromatic carbocycles. The zero-order valence-electron chi connectivity index (χ0n) is 15.8. The highest BCUT2D eigenvalue weighted by atomic mass is 32.1. The number of benzene rings is 2. The van der Waals surface area contributed by atoms with E-state index in [0.29, 0.717) is 13.3 Å². The van der Waals surface area contributed by atoms with E-state index in [4.69, 9.17) is 22.1 Å². The van der Waals surface area contributed by atoms with Crippen molar-refractivity contribution in [1.82, 2.24) is 14.3 Å². The molecule has 1 unspecified atom stereocenters. The van der Waals surface area contributed by atoms with Gasteiger partial charge in [-0.25, -0.2) is 0 Å². The number of quaternary nitrogens is 1. The summed E-state index contributed by atoms with van der Waals surface area (Å²) in [4.78, 5) is 1.29. The molecule has 1 heterocycles. The second kappa shape index (κ2) is 8.79. The molecule has 3 aromatic rings. The maximum atomic E-state index is 5.58. The normalized spacial score (nSPS) is 11.9. The fourth-order valence-electron chi connectivity index (χ4n) is 2.95. The van der Waals surface area contributed by atoms with Crippen molar-refractivity contribution in [2.45, 2.75) is 13.2 Å². The molecule has 6 heteroatoms. The van der Waals surface area contributed by atoms with Gasteiger partial charge in [0.2, 0.25) is 4.77 Å². The third kappa shape index (κ3) is 4.72. The lowest BCUT2D eigenvalue weighted by atomic mass is 10.2. The van der Waals surface area contributed by atoms with E-state index in [0.717, 1.165) is 28.5 Å². The molecule has 0 amide bonds. The van der Waals surface area contributed by atoms with E-state index in [-0.39, 0.29) is 0 Å².